The Morgan fingerprint density at radius 3 is 2.38 bits per heavy atom. The largest absolute Gasteiger partial charge is 0.494 e. The highest BCUT2D eigenvalue weighted by atomic mass is 16.6. The molecule has 0 spiro atoms. The van der Waals surface area contributed by atoms with E-state index in [1.807, 2.05) is 26.0 Å². The molecule has 0 unspecified atom stereocenters. The highest BCUT2D eigenvalue weighted by Crippen LogP contribution is 2.29. The first-order valence-electron chi connectivity index (χ1n) is 10.0. The molecule has 7 heteroatoms. The summed E-state index contributed by atoms with van der Waals surface area (Å²) in [5.41, 5.74) is 3.56. The van der Waals surface area contributed by atoms with Crippen LogP contribution in [0.4, 0.5) is 11.4 Å². The summed E-state index contributed by atoms with van der Waals surface area (Å²) in [7, 11) is 0. The number of hydrogen-bond acceptors (Lipinski definition) is 5. The number of aromatic hydroxyl groups is 1. The van der Waals surface area contributed by atoms with Gasteiger partial charge in [-0.2, -0.15) is 0 Å². The van der Waals surface area contributed by atoms with E-state index >= 15 is 0 Å². The van der Waals surface area contributed by atoms with Crippen molar-refractivity contribution >= 4 is 28.4 Å². The van der Waals surface area contributed by atoms with Crippen LogP contribution in [0.25, 0.3) is 16.5 Å². The summed E-state index contributed by atoms with van der Waals surface area (Å²) >= 11 is 0. The van der Waals surface area contributed by atoms with Gasteiger partial charge in [0.1, 0.15) is 0 Å². The van der Waals surface area contributed by atoms with Crippen molar-refractivity contribution < 1.29 is 10.0 Å². The third-order valence-electron chi connectivity index (χ3n) is 5.43. The predicted molar refractivity (Wildman–Crippen MR) is 126 cm³/mol. The Kier molecular flexibility index (Phi) is 5.32. The zero-order valence-electron chi connectivity index (χ0n) is 17.9. The van der Waals surface area contributed by atoms with E-state index in [9.17, 15) is 20.0 Å². The van der Waals surface area contributed by atoms with E-state index in [4.69, 9.17) is 0 Å². The molecule has 0 amide bonds. The SMILES string of the molecule is Cc1ccc(-n2c(O)c(C=Nc3cc([N+](=O)[O-])ccc3C)c3ccccc3c2=O)c(C)c1. The number of nitro groups is 1. The molecule has 0 aliphatic carbocycles. The number of rotatable bonds is 4. The lowest BCUT2D eigenvalue weighted by atomic mass is 10.1. The van der Waals surface area contributed by atoms with Gasteiger partial charge in [0.25, 0.3) is 11.2 Å². The van der Waals surface area contributed by atoms with Gasteiger partial charge in [0, 0.05) is 29.1 Å². The zero-order valence-corrected chi connectivity index (χ0v) is 17.9. The minimum absolute atomic E-state index is 0.0721. The number of aryl methyl sites for hydroxylation is 3. The standard InChI is InChI=1S/C25H21N3O4/c1-15-8-11-23(17(3)12-15)27-24(29)20-7-5-4-6-19(20)21(25(27)30)14-26-22-13-18(28(31)32)10-9-16(22)2/h4-14,30H,1-3H3. The van der Waals surface area contributed by atoms with Crippen molar-refractivity contribution in [3.8, 4) is 11.6 Å². The van der Waals surface area contributed by atoms with Crippen molar-refractivity contribution in [3.63, 3.8) is 0 Å². The smallest absolute Gasteiger partial charge is 0.271 e. The molecule has 3 aromatic carbocycles. The normalized spacial score (nSPS) is 11.3. The van der Waals surface area contributed by atoms with E-state index in [1.54, 1.807) is 43.3 Å². The summed E-state index contributed by atoms with van der Waals surface area (Å²) in [5, 5.41) is 23.3. The molecule has 1 N–H and O–H groups in total. The minimum Gasteiger partial charge on any atom is -0.494 e. The van der Waals surface area contributed by atoms with Crippen LogP contribution in [0.15, 0.2) is 70.5 Å². The van der Waals surface area contributed by atoms with Gasteiger partial charge in [-0.1, -0.05) is 42.0 Å². The van der Waals surface area contributed by atoms with Crippen LogP contribution in [-0.4, -0.2) is 20.8 Å². The van der Waals surface area contributed by atoms with Gasteiger partial charge < -0.3 is 5.11 Å². The summed E-state index contributed by atoms with van der Waals surface area (Å²) in [5.74, 6) is -0.243. The molecular formula is C25H21N3O4. The van der Waals surface area contributed by atoms with Crippen LogP contribution in [0.5, 0.6) is 5.88 Å². The van der Waals surface area contributed by atoms with Gasteiger partial charge >= 0.3 is 0 Å². The van der Waals surface area contributed by atoms with Crippen molar-refractivity contribution in [1.29, 1.82) is 0 Å². The summed E-state index contributed by atoms with van der Waals surface area (Å²) < 4.78 is 1.28. The molecule has 32 heavy (non-hydrogen) atoms. The molecule has 1 heterocycles. The first-order valence-corrected chi connectivity index (χ1v) is 10.0. The monoisotopic (exact) mass is 427 g/mol. The van der Waals surface area contributed by atoms with Crippen LogP contribution < -0.4 is 5.56 Å². The summed E-state index contributed by atoms with van der Waals surface area (Å²) in [6.07, 6.45) is 1.45. The van der Waals surface area contributed by atoms with Gasteiger partial charge in [0.05, 0.1) is 21.9 Å². The highest BCUT2D eigenvalue weighted by Gasteiger charge is 2.18. The van der Waals surface area contributed by atoms with Gasteiger partial charge in [-0.15, -0.1) is 0 Å². The second kappa shape index (κ2) is 8.11. The molecule has 0 radical (unpaired) electrons. The van der Waals surface area contributed by atoms with Crippen molar-refractivity contribution in [2.45, 2.75) is 20.8 Å². The lowest BCUT2D eigenvalue weighted by Crippen LogP contribution is -2.21. The second-order valence-corrected chi connectivity index (χ2v) is 7.70. The van der Waals surface area contributed by atoms with Gasteiger partial charge in [-0.3, -0.25) is 19.9 Å². The Balaban J connectivity index is 1.98. The number of benzene rings is 3. The number of non-ortho nitro benzene ring substituents is 1. The number of fused-ring (bicyclic) bond motifs is 1. The number of aliphatic imine (C=N–C) groups is 1. The second-order valence-electron chi connectivity index (χ2n) is 7.70. The first-order chi connectivity index (χ1) is 15.3. The summed E-state index contributed by atoms with van der Waals surface area (Å²) in [6, 6.07) is 17.0. The Morgan fingerprint density at radius 1 is 0.969 bits per heavy atom. The molecule has 0 bridgehead atoms. The Hall–Kier alpha value is -4.26. The van der Waals surface area contributed by atoms with E-state index in [-0.39, 0.29) is 17.1 Å². The van der Waals surface area contributed by atoms with Gasteiger partial charge in [0.15, 0.2) is 0 Å². The molecule has 0 aliphatic heterocycles. The zero-order chi connectivity index (χ0) is 23.0. The number of nitrogens with zero attached hydrogens (tertiary/aromatic N) is 3. The van der Waals surface area contributed by atoms with Gasteiger partial charge in [-0.25, -0.2) is 4.57 Å². The van der Waals surface area contributed by atoms with Crippen LogP contribution in [0.1, 0.15) is 22.3 Å². The Morgan fingerprint density at radius 2 is 1.69 bits per heavy atom. The van der Waals surface area contributed by atoms with Crippen LogP contribution >= 0.6 is 0 Å². The molecular weight excluding hydrogens is 406 g/mol. The minimum atomic E-state index is -0.480. The predicted octanol–water partition coefficient (Wildman–Crippen LogP) is 5.28. The fourth-order valence-corrected chi connectivity index (χ4v) is 3.75. The van der Waals surface area contributed by atoms with Crippen molar-refractivity contribution in [2.24, 2.45) is 4.99 Å². The fraction of sp³-hybridized carbons (Fsp3) is 0.120. The Labute approximate surface area is 184 Å². The number of pyridine rings is 1. The maximum absolute atomic E-state index is 13.3. The van der Waals surface area contributed by atoms with Crippen LogP contribution in [-0.2, 0) is 0 Å². The highest BCUT2D eigenvalue weighted by molar-refractivity contribution is 6.02. The van der Waals surface area contributed by atoms with Gasteiger partial charge in [-0.05, 0) is 44.0 Å². The molecule has 0 aliphatic rings. The van der Waals surface area contributed by atoms with E-state index in [1.165, 1.54) is 22.9 Å². The molecule has 1 aromatic heterocycles. The number of nitro benzene ring substituents is 1. The maximum atomic E-state index is 13.3. The summed E-state index contributed by atoms with van der Waals surface area (Å²) in [6.45, 7) is 5.63. The molecule has 0 saturated heterocycles. The average molecular weight is 427 g/mol. The molecule has 160 valence electrons. The van der Waals surface area contributed by atoms with Crippen LogP contribution in [0, 0.1) is 30.9 Å². The number of hydrogen-bond donors (Lipinski definition) is 1. The molecule has 7 nitrogen and oxygen atoms in total. The molecule has 0 saturated carbocycles. The third-order valence-corrected chi connectivity index (χ3v) is 5.43. The topological polar surface area (TPSA) is 97.7 Å². The maximum Gasteiger partial charge on any atom is 0.271 e. The number of aromatic nitrogens is 1. The van der Waals surface area contributed by atoms with E-state index in [2.05, 4.69) is 4.99 Å². The lowest BCUT2D eigenvalue weighted by molar-refractivity contribution is -0.384. The molecule has 4 aromatic rings. The van der Waals surface area contributed by atoms with Gasteiger partial charge in [0.2, 0.25) is 5.88 Å². The van der Waals surface area contributed by atoms with Crippen LogP contribution in [0.2, 0.25) is 0 Å². The quantitative estimate of drug-likeness (QED) is 0.272. The Bertz CT molecular complexity index is 1470. The summed E-state index contributed by atoms with van der Waals surface area (Å²) in [4.78, 5) is 28.4. The average Bonchev–Trinajstić information content (AvgIpc) is 2.76. The van der Waals surface area contributed by atoms with Crippen molar-refractivity contribution in [3.05, 3.63) is 103 Å². The molecule has 0 fully saturated rings. The van der Waals surface area contributed by atoms with Crippen molar-refractivity contribution in [2.75, 3.05) is 0 Å². The fourth-order valence-electron chi connectivity index (χ4n) is 3.75. The van der Waals surface area contributed by atoms with E-state index in [0.717, 1.165) is 16.7 Å². The third kappa shape index (κ3) is 3.65. The lowest BCUT2D eigenvalue weighted by Gasteiger charge is -2.16. The molecule has 0 atom stereocenters. The van der Waals surface area contributed by atoms with E-state index in [0.29, 0.717) is 27.7 Å². The van der Waals surface area contributed by atoms with E-state index < -0.39 is 4.92 Å². The first kappa shape index (κ1) is 21.0. The molecule has 4 rings (SSSR count). The van der Waals surface area contributed by atoms with Crippen LogP contribution in [0.3, 0.4) is 0 Å². The van der Waals surface area contributed by atoms with Crippen molar-refractivity contribution in [1.82, 2.24) is 4.57 Å².